The molecule has 27 heavy (non-hydrogen) atoms. The van der Waals surface area contributed by atoms with Crippen molar-refractivity contribution in [2.45, 2.75) is 129 Å². The first-order valence-corrected chi connectivity index (χ1v) is 12.6. The van der Waals surface area contributed by atoms with E-state index in [-0.39, 0.29) is 0 Å². The molecular formula is C26H48O. The summed E-state index contributed by atoms with van der Waals surface area (Å²) in [6.45, 7) is 5.57. The Morgan fingerprint density at radius 1 is 0.704 bits per heavy atom. The highest BCUT2D eigenvalue weighted by atomic mass is 16.5. The molecular weight excluding hydrogens is 328 g/mol. The maximum Gasteiger partial charge on any atom is 0.0575 e. The van der Waals surface area contributed by atoms with E-state index < -0.39 is 0 Å². The predicted octanol–water partition coefficient (Wildman–Crippen LogP) is 8.48. The van der Waals surface area contributed by atoms with E-state index in [2.05, 4.69) is 26.0 Å². The summed E-state index contributed by atoms with van der Waals surface area (Å²) < 4.78 is 6.13. The third kappa shape index (κ3) is 10.2. The van der Waals surface area contributed by atoms with E-state index in [9.17, 15) is 0 Å². The first-order valence-electron chi connectivity index (χ1n) is 12.6. The lowest BCUT2D eigenvalue weighted by molar-refractivity contribution is 0.0145. The van der Waals surface area contributed by atoms with Crippen LogP contribution in [-0.2, 0) is 4.74 Å². The minimum Gasteiger partial charge on any atom is -0.378 e. The van der Waals surface area contributed by atoms with Crippen LogP contribution in [0.4, 0.5) is 0 Å². The first-order chi connectivity index (χ1) is 13.3. The summed E-state index contributed by atoms with van der Waals surface area (Å²) in [6.07, 6.45) is 29.2. The first kappa shape index (κ1) is 23.0. The molecule has 0 atom stereocenters. The highest BCUT2D eigenvalue weighted by Crippen LogP contribution is 2.36. The van der Waals surface area contributed by atoms with E-state index in [1.807, 2.05) is 0 Å². The third-order valence-electron chi connectivity index (χ3n) is 7.15. The van der Waals surface area contributed by atoms with Gasteiger partial charge in [-0.25, -0.2) is 0 Å². The summed E-state index contributed by atoms with van der Waals surface area (Å²) in [4.78, 5) is 0. The molecule has 1 nitrogen and oxygen atoms in total. The van der Waals surface area contributed by atoms with Crippen LogP contribution in [0.2, 0.25) is 0 Å². The van der Waals surface area contributed by atoms with Crippen LogP contribution in [0.15, 0.2) is 12.2 Å². The molecule has 2 saturated carbocycles. The molecule has 0 spiro atoms. The number of allylic oxidation sites excluding steroid dienone is 2. The summed E-state index contributed by atoms with van der Waals surface area (Å²) >= 11 is 0. The maximum atomic E-state index is 6.13. The molecule has 0 bridgehead atoms. The lowest BCUT2D eigenvalue weighted by atomic mass is 9.77. The van der Waals surface area contributed by atoms with Gasteiger partial charge in [-0.1, -0.05) is 70.9 Å². The molecule has 1 heteroatoms. The average Bonchev–Trinajstić information content (AvgIpc) is 2.71. The zero-order valence-corrected chi connectivity index (χ0v) is 18.6. The number of rotatable bonds is 13. The fraction of sp³-hybridized carbons (Fsp3) is 0.923. The van der Waals surface area contributed by atoms with Gasteiger partial charge in [0.15, 0.2) is 0 Å². The van der Waals surface area contributed by atoms with Gasteiger partial charge in [0.25, 0.3) is 0 Å². The zero-order valence-electron chi connectivity index (χ0n) is 18.6. The van der Waals surface area contributed by atoms with Crippen LogP contribution in [0.5, 0.6) is 0 Å². The summed E-state index contributed by atoms with van der Waals surface area (Å²) in [5.41, 5.74) is 0. The molecule has 2 aliphatic carbocycles. The van der Waals surface area contributed by atoms with Crippen molar-refractivity contribution in [1.29, 1.82) is 0 Å². The molecule has 0 heterocycles. The number of ether oxygens (including phenoxy) is 1. The van der Waals surface area contributed by atoms with Crippen LogP contribution in [0.1, 0.15) is 123 Å². The molecule has 2 aliphatic rings. The van der Waals surface area contributed by atoms with Gasteiger partial charge in [-0.3, -0.25) is 0 Å². The normalized spacial score (nSPS) is 29.4. The van der Waals surface area contributed by atoms with Crippen molar-refractivity contribution < 1.29 is 4.74 Å². The van der Waals surface area contributed by atoms with Crippen molar-refractivity contribution in [3.05, 3.63) is 12.2 Å². The Kier molecular flexibility index (Phi) is 12.5. The van der Waals surface area contributed by atoms with E-state index >= 15 is 0 Å². The van der Waals surface area contributed by atoms with E-state index in [1.165, 1.54) is 109 Å². The summed E-state index contributed by atoms with van der Waals surface area (Å²) in [6, 6.07) is 0. The van der Waals surface area contributed by atoms with Crippen molar-refractivity contribution in [2.75, 3.05) is 6.61 Å². The molecule has 0 aromatic rings. The minimum absolute atomic E-state index is 0.581. The van der Waals surface area contributed by atoms with Crippen LogP contribution < -0.4 is 0 Å². The van der Waals surface area contributed by atoms with Crippen molar-refractivity contribution in [1.82, 2.24) is 0 Å². The van der Waals surface area contributed by atoms with Gasteiger partial charge in [-0.2, -0.15) is 0 Å². The predicted molar refractivity (Wildman–Crippen MR) is 119 cm³/mol. The molecule has 0 unspecified atom stereocenters. The van der Waals surface area contributed by atoms with Gasteiger partial charge in [0, 0.05) is 6.61 Å². The molecule has 2 rings (SSSR count). The molecule has 0 aromatic heterocycles. The third-order valence-corrected chi connectivity index (χ3v) is 7.15. The van der Waals surface area contributed by atoms with E-state index in [1.54, 1.807) is 0 Å². The molecule has 0 radical (unpaired) electrons. The number of unbranched alkanes of at least 4 members (excludes halogenated alkanes) is 5. The second kappa shape index (κ2) is 14.7. The molecule has 0 N–H and O–H groups in total. The summed E-state index contributed by atoms with van der Waals surface area (Å²) in [5.74, 6) is 2.91. The standard InChI is InChI=1S/C26H48O/c1-3-5-7-9-11-23-12-14-24(15-13-23)16-17-25-18-20-26(21-19-25)27-22-10-8-6-4-2/h9,11,23-26H,3-8,10,12-22H2,1-2H3/b11-9+/t23-,24-,25-,26-. The zero-order chi connectivity index (χ0) is 19.2. The Bertz CT molecular complexity index is 358. The van der Waals surface area contributed by atoms with Crippen molar-refractivity contribution >= 4 is 0 Å². The van der Waals surface area contributed by atoms with Crippen LogP contribution in [0.25, 0.3) is 0 Å². The molecule has 0 aromatic carbocycles. The van der Waals surface area contributed by atoms with Gasteiger partial charge in [0.05, 0.1) is 6.10 Å². The van der Waals surface area contributed by atoms with E-state index in [0.717, 1.165) is 24.4 Å². The smallest absolute Gasteiger partial charge is 0.0575 e. The summed E-state index contributed by atoms with van der Waals surface area (Å²) in [7, 11) is 0. The van der Waals surface area contributed by atoms with Gasteiger partial charge < -0.3 is 4.74 Å². The Morgan fingerprint density at radius 3 is 1.96 bits per heavy atom. The fourth-order valence-corrected chi connectivity index (χ4v) is 5.12. The number of hydrogen-bond acceptors (Lipinski definition) is 1. The lowest BCUT2D eigenvalue weighted by Gasteiger charge is -2.31. The topological polar surface area (TPSA) is 9.23 Å². The SMILES string of the molecule is CCCC/C=C/[C@H]1CC[C@H](CC[C@H]2CC[C@H](OCCCCCC)CC2)CC1. The highest BCUT2D eigenvalue weighted by Gasteiger charge is 2.24. The monoisotopic (exact) mass is 376 g/mol. The van der Waals surface area contributed by atoms with Crippen molar-refractivity contribution in [3.63, 3.8) is 0 Å². The molecule has 2 fully saturated rings. The van der Waals surface area contributed by atoms with Crippen molar-refractivity contribution in [2.24, 2.45) is 17.8 Å². The maximum absolute atomic E-state index is 6.13. The van der Waals surface area contributed by atoms with Gasteiger partial charge >= 0.3 is 0 Å². The average molecular weight is 377 g/mol. The van der Waals surface area contributed by atoms with Gasteiger partial charge in [0.1, 0.15) is 0 Å². The Morgan fingerprint density at radius 2 is 1.33 bits per heavy atom. The van der Waals surface area contributed by atoms with E-state index in [0.29, 0.717) is 6.10 Å². The molecule has 0 aliphatic heterocycles. The highest BCUT2D eigenvalue weighted by molar-refractivity contribution is 4.91. The van der Waals surface area contributed by atoms with Gasteiger partial charge in [-0.15, -0.1) is 0 Å². The fourth-order valence-electron chi connectivity index (χ4n) is 5.12. The second-order valence-electron chi connectivity index (χ2n) is 9.50. The van der Waals surface area contributed by atoms with E-state index in [4.69, 9.17) is 4.74 Å². The molecule has 0 saturated heterocycles. The molecule has 0 amide bonds. The van der Waals surface area contributed by atoms with Crippen LogP contribution in [0.3, 0.4) is 0 Å². The second-order valence-corrected chi connectivity index (χ2v) is 9.50. The van der Waals surface area contributed by atoms with Gasteiger partial charge in [-0.05, 0) is 82.0 Å². The van der Waals surface area contributed by atoms with Gasteiger partial charge in [0.2, 0.25) is 0 Å². The van der Waals surface area contributed by atoms with Crippen LogP contribution in [0, 0.1) is 17.8 Å². The number of hydrogen-bond donors (Lipinski definition) is 0. The quantitative estimate of drug-likeness (QED) is 0.231. The molecule has 158 valence electrons. The van der Waals surface area contributed by atoms with Crippen molar-refractivity contribution in [3.8, 4) is 0 Å². The van der Waals surface area contributed by atoms with Crippen LogP contribution >= 0.6 is 0 Å². The Balaban J connectivity index is 1.48. The summed E-state index contributed by atoms with van der Waals surface area (Å²) in [5, 5.41) is 0. The largest absolute Gasteiger partial charge is 0.378 e. The van der Waals surface area contributed by atoms with Crippen LogP contribution in [-0.4, -0.2) is 12.7 Å². The minimum atomic E-state index is 0.581. The lowest BCUT2D eigenvalue weighted by Crippen LogP contribution is -2.23. The Labute approximate surface area is 170 Å². The Hall–Kier alpha value is -0.300.